The minimum atomic E-state index is -0.0963. The maximum absolute atomic E-state index is 11.5. The quantitative estimate of drug-likeness (QED) is 0.717. The SMILES string of the molecule is Cc1cc(Cl)c(=O)n(CC(C)C)c1. The molecule has 1 rings (SSSR count). The Bertz CT molecular complexity index is 354. The fraction of sp³-hybridized carbons (Fsp3) is 0.500. The van der Waals surface area contributed by atoms with Crippen molar-refractivity contribution in [3.63, 3.8) is 0 Å². The highest BCUT2D eigenvalue weighted by Crippen LogP contribution is 2.06. The van der Waals surface area contributed by atoms with Crippen LogP contribution in [0, 0.1) is 12.8 Å². The number of aryl methyl sites for hydroxylation is 1. The van der Waals surface area contributed by atoms with E-state index in [4.69, 9.17) is 11.6 Å². The van der Waals surface area contributed by atoms with Gasteiger partial charge in [0.15, 0.2) is 0 Å². The zero-order valence-electron chi connectivity index (χ0n) is 8.17. The van der Waals surface area contributed by atoms with Crippen molar-refractivity contribution in [1.82, 2.24) is 4.57 Å². The van der Waals surface area contributed by atoms with Gasteiger partial charge in [-0.1, -0.05) is 25.4 Å². The molecule has 1 aromatic rings. The Hall–Kier alpha value is -0.760. The van der Waals surface area contributed by atoms with Crippen molar-refractivity contribution in [2.24, 2.45) is 5.92 Å². The molecule has 0 aliphatic heterocycles. The van der Waals surface area contributed by atoms with E-state index >= 15 is 0 Å². The van der Waals surface area contributed by atoms with Gasteiger partial charge in [-0.15, -0.1) is 0 Å². The van der Waals surface area contributed by atoms with Gasteiger partial charge in [-0.25, -0.2) is 0 Å². The second kappa shape index (κ2) is 3.97. The summed E-state index contributed by atoms with van der Waals surface area (Å²) in [6.07, 6.45) is 1.84. The Kier molecular flexibility index (Phi) is 3.15. The number of rotatable bonds is 2. The Morgan fingerprint density at radius 3 is 2.69 bits per heavy atom. The van der Waals surface area contributed by atoms with E-state index in [1.807, 2.05) is 13.1 Å². The third-order valence-corrected chi connectivity index (χ3v) is 2.01. The monoisotopic (exact) mass is 199 g/mol. The van der Waals surface area contributed by atoms with Gasteiger partial charge >= 0.3 is 0 Å². The van der Waals surface area contributed by atoms with Crippen LogP contribution in [0.2, 0.25) is 5.02 Å². The molecule has 0 fully saturated rings. The molecule has 3 heteroatoms. The predicted octanol–water partition coefficient (Wildman–Crippen LogP) is 2.47. The second-order valence-electron chi connectivity index (χ2n) is 3.72. The maximum atomic E-state index is 11.5. The van der Waals surface area contributed by atoms with Crippen molar-refractivity contribution in [3.8, 4) is 0 Å². The molecule has 0 amide bonds. The van der Waals surface area contributed by atoms with Gasteiger partial charge in [-0.05, 0) is 24.5 Å². The van der Waals surface area contributed by atoms with E-state index in [1.54, 1.807) is 10.6 Å². The van der Waals surface area contributed by atoms with Crippen molar-refractivity contribution in [1.29, 1.82) is 0 Å². The van der Waals surface area contributed by atoms with Crippen LogP contribution in [-0.2, 0) is 6.54 Å². The summed E-state index contributed by atoms with van der Waals surface area (Å²) in [7, 11) is 0. The van der Waals surface area contributed by atoms with Gasteiger partial charge in [-0.2, -0.15) is 0 Å². The Balaban J connectivity index is 3.13. The van der Waals surface area contributed by atoms with Crippen LogP contribution in [0.15, 0.2) is 17.1 Å². The molecule has 0 aliphatic rings. The summed E-state index contributed by atoms with van der Waals surface area (Å²) in [6.45, 7) is 6.80. The molecule has 0 aliphatic carbocycles. The van der Waals surface area contributed by atoms with Gasteiger partial charge in [-0.3, -0.25) is 4.79 Å². The molecular weight excluding hydrogens is 186 g/mol. The second-order valence-corrected chi connectivity index (χ2v) is 4.12. The average molecular weight is 200 g/mol. The lowest BCUT2D eigenvalue weighted by Crippen LogP contribution is -2.22. The van der Waals surface area contributed by atoms with Crippen LogP contribution in [0.4, 0.5) is 0 Å². The van der Waals surface area contributed by atoms with E-state index in [-0.39, 0.29) is 5.56 Å². The van der Waals surface area contributed by atoms with Crippen molar-refractivity contribution in [2.75, 3.05) is 0 Å². The lowest BCUT2D eigenvalue weighted by molar-refractivity contribution is 0.510. The highest BCUT2D eigenvalue weighted by atomic mass is 35.5. The molecule has 72 valence electrons. The number of halogens is 1. The molecule has 0 atom stereocenters. The van der Waals surface area contributed by atoms with Crippen LogP contribution in [0.3, 0.4) is 0 Å². The Morgan fingerprint density at radius 1 is 1.54 bits per heavy atom. The van der Waals surface area contributed by atoms with Gasteiger partial charge in [0.05, 0.1) is 0 Å². The third kappa shape index (κ3) is 2.59. The number of aromatic nitrogens is 1. The first-order valence-electron chi connectivity index (χ1n) is 4.37. The van der Waals surface area contributed by atoms with Crippen LogP contribution in [0.1, 0.15) is 19.4 Å². The summed E-state index contributed by atoms with van der Waals surface area (Å²) in [6, 6.07) is 1.70. The third-order valence-electron chi connectivity index (χ3n) is 1.74. The summed E-state index contributed by atoms with van der Waals surface area (Å²) in [5.74, 6) is 0.454. The first kappa shape index (κ1) is 10.3. The van der Waals surface area contributed by atoms with Gasteiger partial charge < -0.3 is 4.57 Å². The average Bonchev–Trinajstić information content (AvgIpc) is 1.98. The van der Waals surface area contributed by atoms with Gasteiger partial charge in [0.1, 0.15) is 5.02 Å². The van der Waals surface area contributed by atoms with E-state index in [0.717, 1.165) is 12.1 Å². The molecular formula is C10H14ClNO. The van der Waals surface area contributed by atoms with E-state index in [9.17, 15) is 4.79 Å². The standard InChI is InChI=1S/C10H14ClNO/c1-7(2)5-12-6-8(3)4-9(11)10(12)13/h4,6-7H,5H2,1-3H3. The first-order valence-corrected chi connectivity index (χ1v) is 4.75. The predicted molar refractivity (Wildman–Crippen MR) is 55.3 cm³/mol. The van der Waals surface area contributed by atoms with Crippen LogP contribution < -0.4 is 5.56 Å². The van der Waals surface area contributed by atoms with E-state index in [0.29, 0.717) is 10.9 Å². The highest BCUT2D eigenvalue weighted by Gasteiger charge is 2.03. The largest absolute Gasteiger partial charge is 0.314 e. The molecule has 0 bridgehead atoms. The normalized spacial score (nSPS) is 10.8. The van der Waals surface area contributed by atoms with E-state index < -0.39 is 0 Å². The number of pyridine rings is 1. The molecule has 0 radical (unpaired) electrons. The lowest BCUT2D eigenvalue weighted by Gasteiger charge is -2.09. The molecule has 1 heterocycles. The van der Waals surface area contributed by atoms with Crippen molar-refractivity contribution >= 4 is 11.6 Å². The summed E-state index contributed by atoms with van der Waals surface area (Å²) in [5, 5.41) is 0.306. The molecule has 2 nitrogen and oxygen atoms in total. The van der Waals surface area contributed by atoms with E-state index in [2.05, 4.69) is 13.8 Å². The lowest BCUT2D eigenvalue weighted by atomic mass is 10.2. The van der Waals surface area contributed by atoms with Crippen molar-refractivity contribution in [2.45, 2.75) is 27.3 Å². The smallest absolute Gasteiger partial charge is 0.269 e. The fourth-order valence-corrected chi connectivity index (χ4v) is 1.55. The summed E-state index contributed by atoms with van der Waals surface area (Å²) >= 11 is 5.77. The van der Waals surface area contributed by atoms with Gasteiger partial charge in [0, 0.05) is 12.7 Å². The Morgan fingerprint density at radius 2 is 2.15 bits per heavy atom. The minimum absolute atomic E-state index is 0.0963. The molecule has 13 heavy (non-hydrogen) atoms. The number of nitrogens with zero attached hydrogens (tertiary/aromatic N) is 1. The fourth-order valence-electron chi connectivity index (χ4n) is 1.27. The first-order chi connectivity index (χ1) is 6.00. The van der Waals surface area contributed by atoms with Crippen molar-refractivity contribution in [3.05, 3.63) is 33.2 Å². The summed E-state index contributed by atoms with van der Waals surface area (Å²) in [5.41, 5.74) is 0.922. The summed E-state index contributed by atoms with van der Waals surface area (Å²) < 4.78 is 1.67. The molecule has 0 spiro atoms. The molecule has 0 aromatic carbocycles. The zero-order chi connectivity index (χ0) is 10.0. The number of hydrogen-bond donors (Lipinski definition) is 0. The Labute approximate surface area is 83.2 Å². The van der Waals surface area contributed by atoms with Crippen LogP contribution >= 0.6 is 11.6 Å². The molecule has 0 unspecified atom stereocenters. The van der Waals surface area contributed by atoms with Crippen LogP contribution in [-0.4, -0.2) is 4.57 Å². The number of hydrogen-bond acceptors (Lipinski definition) is 1. The maximum Gasteiger partial charge on any atom is 0.269 e. The van der Waals surface area contributed by atoms with Gasteiger partial charge in [0.25, 0.3) is 5.56 Å². The topological polar surface area (TPSA) is 22.0 Å². The minimum Gasteiger partial charge on any atom is -0.314 e. The zero-order valence-corrected chi connectivity index (χ0v) is 8.93. The van der Waals surface area contributed by atoms with E-state index in [1.165, 1.54) is 0 Å². The van der Waals surface area contributed by atoms with Crippen LogP contribution in [0.25, 0.3) is 0 Å². The molecule has 1 aromatic heterocycles. The molecule has 0 saturated heterocycles. The highest BCUT2D eigenvalue weighted by molar-refractivity contribution is 6.30. The van der Waals surface area contributed by atoms with Gasteiger partial charge in [0.2, 0.25) is 0 Å². The molecule has 0 N–H and O–H groups in total. The molecule has 0 saturated carbocycles. The van der Waals surface area contributed by atoms with Crippen molar-refractivity contribution < 1.29 is 0 Å². The summed E-state index contributed by atoms with van der Waals surface area (Å²) in [4.78, 5) is 11.5. The van der Waals surface area contributed by atoms with Crippen LogP contribution in [0.5, 0.6) is 0 Å².